The van der Waals surface area contributed by atoms with Crippen molar-refractivity contribution >= 4 is 23.0 Å². The molecule has 0 atom stereocenters. The van der Waals surface area contributed by atoms with Crippen molar-refractivity contribution < 1.29 is 9.90 Å². The average molecular weight is 449 g/mol. The van der Waals surface area contributed by atoms with E-state index in [2.05, 4.69) is 34.9 Å². The van der Waals surface area contributed by atoms with Crippen LogP contribution in [0.4, 0.5) is 5.69 Å². The van der Waals surface area contributed by atoms with Gasteiger partial charge in [-0.1, -0.05) is 24.3 Å². The van der Waals surface area contributed by atoms with Crippen LogP contribution in [-0.4, -0.2) is 47.0 Å². The van der Waals surface area contributed by atoms with Crippen molar-refractivity contribution in [3.8, 4) is 0 Å². The molecule has 1 amide bonds. The van der Waals surface area contributed by atoms with Crippen molar-refractivity contribution in [1.29, 1.82) is 5.41 Å². The predicted octanol–water partition coefficient (Wildman–Crippen LogP) is 4.46. The van der Waals surface area contributed by atoms with Crippen LogP contribution in [0.25, 0.3) is 5.57 Å². The van der Waals surface area contributed by atoms with Gasteiger partial charge in [-0.2, -0.15) is 0 Å². The molecule has 1 aromatic rings. The second-order valence-electron chi connectivity index (χ2n) is 9.98. The summed E-state index contributed by atoms with van der Waals surface area (Å²) in [5.41, 5.74) is 5.28. The summed E-state index contributed by atoms with van der Waals surface area (Å²) in [5.74, 6) is 1.14. The first-order valence-electron chi connectivity index (χ1n) is 12.0. The summed E-state index contributed by atoms with van der Waals surface area (Å²) in [6.45, 7) is 7.34. The Hall–Kier alpha value is -2.86. The Morgan fingerprint density at radius 3 is 2.58 bits per heavy atom. The molecule has 0 saturated heterocycles. The Bertz CT molecular complexity index is 1010. The number of aliphatic hydroxyl groups is 1. The summed E-state index contributed by atoms with van der Waals surface area (Å²) in [5, 5.41) is 25.9. The number of allylic oxidation sites excluding steroid dienone is 2. The number of nitrogens with zero attached hydrogens (tertiary/aromatic N) is 1. The fraction of sp³-hybridized carbons (Fsp3) is 0.481. The highest BCUT2D eigenvalue weighted by atomic mass is 16.3. The molecular formula is C27H36N4O2. The van der Waals surface area contributed by atoms with Gasteiger partial charge in [0.05, 0.1) is 12.1 Å². The average Bonchev–Trinajstić information content (AvgIpc) is 3.62. The standard InChI is InChI=1S/C27H36N4O2/c1-18(32)31-14-13-25(29-16-19-7-8-19)24(17-31)26(28)30-23-11-9-20(10-12-23)21-5-4-6-22(15-21)27(2,3)33/h6,9-12,15,19,29,33H,4-5,7-8,13-14,16-17H2,1-3H3,(H2,28,30). The van der Waals surface area contributed by atoms with E-state index < -0.39 is 5.60 Å². The molecule has 6 heteroatoms. The van der Waals surface area contributed by atoms with Gasteiger partial charge >= 0.3 is 0 Å². The normalized spacial score (nSPS) is 19.1. The van der Waals surface area contributed by atoms with Gasteiger partial charge in [-0.3, -0.25) is 10.2 Å². The van der Waals surface area contributed by atoms with E-state index >= 15 is 0 Å². The number of amidine groups is 1. The number of carbonyl (C=O) groups is 1. The first-order valence-corrected chi connectivity index (χ1v) is 12.0. The zero-order valence-electron chi connectivity index (χ0n) is 20.0. The predicted molar refractivity (Wildman–Crippen MR) is 134 cm³/mol. The minimum atomic E-state index is -0.838. The minimum absolute atomic E-state index is 0.0473. The van der Waals surface area contributed by atoms with E-state index in [1.54, 1.807) is 11.8 Å². The third-order valence-electron chi connectivity index (χ3n) is 6.73. The van der Waals surface area contributed by atoms with Gasteiger partial charge in [0.15, 0.2) is 0 Å². The maximum atomic E-state index is 11.9. The molecule has 2 aliphatic carbocycles. The van der Waals surface area contributed by atoms with E-state index in [1.807, 2.05) is 26.0 Å². The zero-order chi connectivity index (χ0) is 23.6. The smallest absolute Gasteiger partial charge is 0.219 e. The van der Waals surface area contributed by atoms with E-state index in [0.29, 0.717) is 18.9 Å². The van der Waals surface area contributed by atoms with Crippen LogP contribution in [0.2, 0.25) is 0 Å². The van der Waals surface area contributed by atoms with Crippen LogP contribution in [0.5, 0.6) is 0 Å². The van der Waals surface area contributed by atoms with Gasteiger partial charge in [0, 0.05) is 43.4 Å². The van der Waals surface area contributed by atoms with Gasteiger partial charge < -0.3 is 20.6 Å². The first-order chi connectivity index (χ1) is 15.7. The van der Waals surface area contributed by atoms with Gasteiger partial charge in [0.2, 0.25) is 5.91 Å². The minimum Gasteiger partial charge on any atom is -0.388 e. The molecule has 33 heavy (non-hydrogen) atoms. The maximum absolute atomic E-state index is 11.9. The molecule has 0 spiro atoms. The fourth-order valence-corrected chi connectivity index (χ4v) is 4.39. The van der Waals surface area contributed by atoms with E-state index in [4.69, 9.17) is 5.41 Å². The molecule has 0 bridgehead atoms. The van der Waals surface area contributed by atoms with Crippen molar-refractivity contribution in [2.45, 2.75) is 58.5 Å². The summed E-state index contributed by atoms with van der Waals surface area (Å²) in [6.07, 6.45) is 9.39. The highest BCUT2D eigenvalue weighted by Gasteiger charge is 2.26. The van der Waals surface area contributed by atoms with Crippen LogP contribution in [0.15, 0.2) is 53.3 Å². The number of carbonyl (C=O) groups excluding carboxylic acids is 1. The topological polar surface area (TPSA) is 88.5 Å². The molecule has 1 aliphatic heterocycles. The molecule has 176 valence electrons. The molecule has 3 aliphatic rings. The fourth-order valence-electron chi connectivity index (χ4n) is 4.39. The third kappa shape index (κ3) is 5.93. The lowest BCUT2D eigenvalue weighted by Crippen LogP contribution is -2.41. The van der Waals surface area contributed by atoms with Gasteiger partial charge in [-0.15, -0.1) is 0 Å². The van der Waals surface area contributed by atoms with Gasteiger partial charge in [-0.25, -0.2) is 0 Å². The van der Waals surface area contributed by atoms with Gasteiger partial charge in [0.1, 0.15) is 5.84 Å². The van der Waals surface area contributed by atoms with E-state index in [-0.39, 0.29) is 5.91 Å². The lowest BCUT2D eigenvalue weighted by Gasteiger charge is -2.31. The second-order valence-corrected chi connectivity index (χ2v) is 9.98. The van der Waals surface area contributed by atoms with Crippen molar-refractivity contribution in [1.82, 2.24) is 10.2 Å². The first kappa shape index (κ1) is 23.3. The molecule has 1 saturated carbocycles. The molecular weight excluding hydrogens is 412 g/mol. The SMILES string of the molecule is CC(=O)N1CCC(NCC2CC2)=C(C(=N)Nc2ccc(C3=CC(C(C)(C)O)=CCC3)cc2)C1. The monoisotopic (exact) mass is 448 g/mol. The molecule has 4 N–H and O–H groups in total. The second kappa shape index (κ2) is 9.56. The number of nitrogens with one attached hydrogen (secondary N) is 3. The summed E-state index contributed by atoms with van der Waals surface area (Å²) < 4.78 is 0. The Balaban J connectivity index is 1.47. The van der Waals surface area contributed by atoms with Crippen LogP contribution < -0.4 is 10.6 Å². The van der Waals surface area contributed by atoms with Crippen molar-refractivity contribution in [2.75, 3.05) is 25.0 Å². The highest BCUT2D eigenvalue weighted by Crippen LogP contribution is 2.32. The Morgan fingerprint density at radius 1 is 1.21 bits per heavy atom. The van der Waals surface area contributed by atoms with E-state index in [9.17, 15) is 9.90 Å². The number of amides is 1. The number of hydrogen-bond acceptors (Lipinski definition) is 4. The molecule has 0 aromatic heterocycles. The highest BCUT2D eigenvalue weighted by molar-refractivity contribution is 6.07. The number of benzene rings is 1. The molecule has 0 unspecified atom stereocenters. The van der Waals surface area contributed by atoms with Crippen LogP contribution in [0, 0.1) is 11.3 Å². The summed E-state index contributed by atoms with van der Waals surface area (Å²) >= 11 is 0. The Labute approximate surface area is 197 Å². The summed E-state index contributed by atoms with van der Waals surface area (Å²) in [6, 6.07) is 8.13. The molecule has 6 nitrogen and oxygen atoms in total. The number of hydrogen-bond donors (Lipinski definition) is 4. The molecule has 1 aromatic carbocycles. The van der Waals surface area contributed by atoms with Crippen LogP contribution in [-0.2, 0) is 4.79 Å². The molecule has 1 fully saturated rings. The van der Waals surface area contributed by atoms with Crippen LogP contribution >= 0.6 is 0 Å². The maximum Gasteiger partial charge on any atom is 0.219 e. The number of anilines is 1. The summed E-state index contributed by atoms with van der Waals surface area (Å²) in [4.78, 5) is 13.8. The lowest BCUT2D eigenvalue weighted by atomic mass is 9.87. The lowest BCUT2D eigenvalue weighted by molar-refractivity contribution is -0.128. The largest absolute Gasteiger partial charge is 0.388 e. The van der Waals surface area contributed by atoms with Gasteiger partial charge in [0.25, 0.3) is 0 Å². The third-order valence-corrected chi connectivity index (χ3v) is 6.73. The Morgan fingerprint density at radius 2 is 1.94 bits per heavy atom. The molecule has 4 rings (SSSR count). The van der Waals surface area contributed by atoms with Crippen molar-refractivity contribution in [3.63, 3.8) is 0 Å². The quantitative estimate of drug-likeness (QED) is 0.366. The van der Waals surface area contributed by atoms with Crippen LogP contribution in [0.1, 0.15) is 58.4 Å². The van der Waals surface area contributed by atoms with E-state index in [0.717, 1.165) is 59.8 Å². The van der Waals surface area contributed by atoms with Crippen LogP contribution in [0.3, 0.4) is 0 Å². The zero-order valence-corrected chi connectivity index (χ0v) is 20.0. The van der Waals surface area contributed by atoms with Crippen molar-refractivity contribution in [2.24, 2.45) is 5.92 Å². The van der Waals surface area contributed by atoms with Crippen molar-refractivity contribution in [3.05, 3.63) is 58.8 Å². The summed E-state index contributed by atoms with van der Waals surface area (Å²) in [7, 11) is 0. The van der Waals surface area contributed by atoms with Gasteiger partial charge in [-0.05, 0) is 74.3 Å². The molecule has 0 radical (unpaired) electrons. The van der Waals surface area contributed by atoms with E-state index in [1.165, 1.54) is 18.4 Å². The molecule has 1 heterocycles. The number of rotatable bonds is 7. The Kier molecular flexibility index (Phi) is 6.75.